The molecule has 0 bridgehead atoms. The predicted molar refractivity (Wildman–Crippen MR) is 67.6 cm³/mol. The SMILES string of the molecule is C=CCC(C=C)OC(=O)c1cccc(C(=O)O)c1. The Morgan fingerprint density at radius 1 is 1.33 bits per heavy atom. The molecule has 0 aliphatic heterocycles. The van der Waals surface area contributed by atoms with Crippen molar-refractivity contribution in [2.24, 2.45) is 0 Å². The molecule has 94 valence electrons. The highest BCUT2D eigenvalue weighted by Gasteiger charge is 2.14. The molecule has 1 unspecified atom stereocenters. The highest BCUT2D eigenvalue weighted by molar-refractivity contribution is 5.94. The van der Waals surface area contributed by atoms with Crippen molar-refractivity contribution in [1.82, 2.24) is 0 Å². The number of carboxylic acids is 1. The number of carbonyl (C=O) groups is 2. The first-order valence-corrected chi connectivity index (χ1v) is 5.36. The lowest BCUT2D eigenvalue weighted by atomic mass is 10.1. The fourth-order valence-electron chi connectivity index (χ4n) is 1.34. The number of ether oxygens (including phenoxy) is 1. The quantitative estimate of drug-likeness (QED) is 0.619. The molecule has 0 aliphatic rings. The Hall–Kier alpha value is -2.36. The summed E-state index contributed by atoms with van der Waals surface area (Å²) in [5.41, 5.74) is 0.245. The third kappa shape index (κ3) is 3.59. The van der Waals surface area contributed by atoms with Crippen LogP contribution in [0.4, 0.5) is 0 Å². The number of rotatable bonds is 6. The second-order valence-corrected chi connectivity index (χ2v) is 3.59. The average Bonchev–Trinajstić information content (AvgIpc) is 2.38. The number of hydrogen-bond donors (Lipinski definition) is 1. The largest absolute Gasteiger partial charge is 0.478 e. The molecular weight excluding hydrogens is 232 g/mol. The Morgan fingerprint density at radius 3 is 2.56 bits per heavy atom. The van der Waals surface area contributed by atoms with Crippen molar-refractivity contribution in [3.8, 4) is 0 Å². The number of carbonyl (C=O) groups excluding carboxylic acids is 1. The van der Waals surface area contributed by atoms with Gasteiger partial charge in [-0.1, -0.05) is 24.8 Å². The van der Waals surface area contributed by atoms with Gasteiger partial charge in [0.2, 0.25) is 0 Å². The fourth-order valence-corrected chi connectivity index (χ4v) is 1.34. The Balaban J connectivity index is 2.83. The van der Waals surface area contributed by atoms with Crippen LogP contribution < -0.4 is 0 Å². The summed E-state index contributed by atoms with van der Waals surface area (Å²) in [6.07, 6.45) is 3.13. The molecule has 4 heteroatoms. The summed E-state index contributed by atoms with van der Waals surface area (Å²) in [5, 5.41) is 8.82. The molecule has 1 N–H and O–H groups in total. The van der Waals surface area contributed by atoms with Gasteiger partial charge in [-0.3, -0.25) is 0 Å². The van der Waals surface area contributed by atoms with Crippen LogP contribution in [0.25, 0.3) is 0 Å². The van der Waals surface area contributed by atoms with Gasteiger partial charge in [-0.15, -0.1) is 6.58 Å². The number of benzene rings is 1. The van der Waals surface area contributed by atoms with Gasteiger partial charge in [-0.2, -0.15) is 0 Å². The van der Waals surface area contributed by atoms with Crippen molar-refractivity contribution in [3.05, 3.63) is 60.7 Å². The van der Waals surface area contributed by atoms with E-state index in [4.69, 9.17) is 9.84 Å². The number of carboxylic acid groups (broad SMARTS) is 1. The van der Waals surface area contributed by atoms with Crippen LogP contribution in [-0.4, -0.2) is 23.1 Å². The van der Waals surface area contributed by atoms with E-state index in [1.165, 1.54) is 30.3 Å². The van der Waals surface area contributed by atoms with E-state index in [0.717, 1.165) is 0 Å². The molecule has 18 heavy (non-hydrogen) atoms. The molecule has 0 heterocycles. The summed E-state index contributed by atoms with van der Waals surface area (Å²) in [7, 11) is 0. The molecule has 0 amide bonds. The lowest BCUT2D eigenvalue weighted by molar-refractivity contribution is 0.0400. The van der Waals surface area contributed by atoms with E-state index in [-0.39, 0.29) is 11.1 Å². The summed E-state index contributed by atoms with van der Waals surface area (Å²) in [6, 6.07) is 5.69. The Bertz CT molecular complexity index is 476. The molecule has 1 aromatic rings. The van der Waals surface area contributed by atoms with Gasteiger partial charge in [0.1, 0.15) is 6.10 Å². The van der Waals surface area contributed by atoms with Crippen LogP contribution in [0.5, 0.6) is 0 Å². The van der Waals surface area contributed by atoms with Crippen LogP contribution in [0.2, 0.25) is 0 Å². The molecular formula is C14H14O4. The van der Waals surface area contributed by atoms with Gasteiger partial charge in [0.25, 0.3) is 0 Å². The molecule has 0 saturated carbocycles. The first-order chi connectivity index (χ1) is 8.58. The lowest BCUT2D eigenvalue weighted by Crippen LogP contribution is -2.15. The van der Waals surface area contributed by atoms with Crippen molar-refractivity contribution in [2.45, 2.75) is 12.5 Å². The van der Waals surface area contributed by atoms with Crippen molar-refractivity contribution >= 4 is 11.9 Å². The van der Waals surface area contributed by atoms with Gasteiger partial charge in [-0.25, -0.2) is 9.59 Å². The molecule has 1 aromatic carbocycles. The topological polar surface area (TPSA) is 63.6 Å². The van der Waals surface area contributed by atoms with E-state index >= 15 is 0 Å². The minimum absolute atomic E-state index is 0.0447. The smallest absolute Gasteiger partial charge is 0.338 e. The summed E-state index contributed by atoms with van der Waals surface area (Å²) in [4.78, 5) is 22.5. The van der Waals surface area contributed by atoms with Gasteiger partial charge in [0.05, 0.1) is 11.1 Å². The zero-order valence-electron chi connectivity index (χ0n) is 9.83. The zero-order chi connectivity index (χ0) is 13.5. The normalized spacial score (nSPS) is 11.3. The maximum atomic E-state index is 11.8. The van der Waals surface area contributed by atoms with Gasteiger partial charge in [-0.05, 0) is 18.2 Å². The van der Waals surface area contributed by atoms with Gasteiger partial charge in [0.15, 0.2) is 0 Å². The molecule has 0 saturated heterocycles. The van der Waals surface area contributed by atoms with Gasteiger partial charge < -0.3 is 9.84 Å². The highest BCUT2D eigenvalue weighted by atomic mass is 16.5. The Morgan fingerprint density at radius 2 is 2.00 bits per heavy atom. The molecule has 0 aliphatic carbocycles. The van der Waals surface area contributed by atoms with Crippen LogP contribution in [-0.2, 0) is 4.74 Å². The minimum atomic E-state index is -1.09. The number of hydrogen-bond acceptors (Lipinski definition) is 3. The molecule has 1 atom stereocenters. The second kappa shape index (κ2) is 6.39. The predicted octanol–water partition coefficient (Wildman–Crippen LogP) is 2.67. The Labute approximate surface area is 105 Å². The van der Waals surface area contributed by atoms with E-state index in [9.17, 15) is 9.59 Å². The second-order valence-electron chi connectivity index (χ2n) is 3.59. The highest BCUT2D eigenvalue weighted by Crippen LogP contribution is 2.10. The van der Waals surface area contributed by atoms with Crippen molar-refractivity contribution in [3.63, 3.8) is 0 Å². The monoisotopic (exact) mass is 246 g/mol. The van der Waals surface area contributed by atoms with Crippen molar-refractivity contribution < 1.29 is 19.4 Å². The van der Waals surface area contributed by atoms with Crippen LogP contribution in [0.15, 0.2) is 49.6 Å². The molecule has 0 spiro atoms. The minimum Gasteiger partial charge on any atom is -0.478 e. The summed E-state index contributed by atoms with van der Waals surface area (Å²) < 4.78 is 5.14. The average molecular weight is 246 g/mol. The van der Waals surface area contributed by atoms with Gasteiger partial charge >= 0.3 is 11.9 Å². The maximum absolute atomic E-state index is 11.8. The Kier molecular flexibility index (Phi) is 4.87. The van der Waals surface area contributed by atoms with Crippen LogP contribution in [0, 0.1) is 0 Å². The first-order valence-electron chi connectivity index (χ1n) is 5.36. The molecule has 0 radical (unpaired) electrons. The summed E-state index contributed by atoms with van der Waals surface area (Å²) in [5.74, 6) is -1.67. The third-order valence-electron chi connectivity index (χ3n) is 2.27. The van der Waals surface area contributed by atoms with Gasteiger partial charge in [0, 0.05) is 6.42 Å². The van der Waals surface area contributed by atoms with Crippen LogP contribution in [0.3, 0.4) is 0 Å². The molecule has 4 nitrogen and oxygen atoms in total. The van der Waals surface area contributed by atoms with E-state index < -0.39 is 18.0 Å². The van der Waals surface area contributed by atoms with Crippen molar-refractivity contribution in [1.29, 1.82) is 0 Å². The molecule has 0 fully saturated rings. The van der Waals surface area contributed by atoms with Crippen molar-refractivity contribution in [2.75, 3.05) is 0 Å². The summed E-state index contributed by atoms with van der Waals surface area (Å²) >= 11 is 0. The third-order valence-corrected chi connectivity index (χ3v) is 2.27. The van der Waals surface area contributed by atoms with E-state index in [0.29, 0.717) is 6.42 Å². The zero-order valence-corrected chi connectivity index (χ0v) is 9.83. The van der Waals surface area contributed by atoms with Crippen LogP contribution >= 0.6 is 0 Å². The maximum Gasteiger partial charge on any atom is 0.338 e. The number of aromatic carboxylic acids is 1. The number of esters is 1. The standard InChI is InChI=1S/C14H14O4/c1-3-6-12(4-2)18-14(17)11-8-5-7-10(9-11)13(15)16/h3-5,7-9,12H,1-2,6H2,(H,15,16). The first kappa shape index (κ1) is 13.7. The molecule has 1 rings (SSSR count). The van der Waals surface area contributed by atoms with E-state index in [2.05, 4.69) is 13.2 Å². The molecule has 0 aromatic heterocycles. The summed E-state index contributed by atoms with van der Waals surface area (Å²) in [6.45, 7) is 7.10. The fraction of sp³-hybridized carbons (Fsp3) is 0.143. The lowest BCUT2D eigenvalue weighted by Gasteiger charge is -2.12. The van der Waals surface area contributed by atoms with Crippen LogP contribution in [0.1, 0.15) is 27.1 Å². The van der Waals surface area contributed by atoms with E-state index in [1.54, 1.807) is 6.08 Å². The van der Waals surface area contributed by atoms with E-state index in [1.807, 2.05) is 0 Å².